The lowest BCUT2D eigenvalue weighted by molar-refractivity contribution is -0.384. The van der Waals surface area contributed by atoms with Crippen LogP contribution in [0.5, 0.6) is 17.2 Å². The van der Waals surface area contributed by atoms with Crippen LogP contribution in [0.1, 0.15) is 42.1 Å². The van der Waals surface area contributed by atoms with Crippen LogP contribution in [0.2, 0.25) is 0 Å². The molecule has 1 aliphatic carbocycles. The molecular weight excluding hydrogens is 571 g/mol. The summed E-state index contributed by atoms with van der Waals surface area (Å²) in [4.78, 5) is 31.6. The van der Waals surface area contributed by atoms with Crippen molar-refractivity contribution in [2.75, 3.05) is 12.8 Å². The van der Waals surface area contributed by atoms with Gasteiger partial charge in [-0.1, -0.05) is 6.07 Å². The van der Waals surface area contributed by atoms with Crippen molar-refractivity contribution >= 4 is 28.5 Å². The van der Waals surface area contributed by atoms with E-state index in [0.29, 0.717) is 54.0 Å². The second-order valence-electron chi connectivity index (χ2n) is 10.3. The molecule has 1 fully saturated rings. The molecule has 5 aromatic rings. The minimum Gasteiger partial charge on any atom is -0.494 e. The molecule has 12 nitrogen and oxygen atoms in total. The number of nitrogens with zero attached hydrogens (tertiary/aromatic N) is 5. The average molecular weight is 599 g/mol. The standard InChI is InChI=1S/C31H27FN6O6/c1-42-24-3-2-4-25(27(24)32)43-22-13-7-18(8-14-22)28-26-29(33)34-17-35-30(26)37(36-28)20-11-15-23(16-12-20)44-31(39)19-5-9-21(10-6-19)38(40)41/h2-10,13-14,17,20,23H,11-12,15-16H2,1H3,(H2,33,34,35). The van der Waals surface area contributed by atoms with Gasteiger partial charge in [0, 0.05) is 17.7 Å². The van der Waals surface area contributed by atoms with Gasteiger partial charge in [0.05, 0.1) is 29.0 Å². The molecule has 0 spiro atoms. The summed E-state index contributed by atoms with van der Waals surface area (Å²) in [5, 5.41) is 16.4. The molecule has 2 heterocycles. The van der Waals surface area contributed by atoms with Crippen molar-refractivity contribution in [2.24, 2.45) is 0 Å². The highest BCUT2D eigenvalue weighted by Gasteiger charge is 2.29. The van der Waals surface area contributed by atoms with E-state index in [1.165, 1.54) is 49.8 Å². The number of methoxy groups -OCH3 is 1. The van der Waals surface area contributed by atoms with Crippen LogP contribution in [0.3, 0.4) is 0 Å². The van der Waals surface area contributed by atoms with Crippen molar-refractivity contribution in [3.05, 3.63) is 94.6 Å². The number of fused-ring (bicyclic) bond motifs is 1. The Morgan fingerprint density at radius 3 is 2.39 bits per heavy atom. The van der Waals surface area contributed by atoms with Crippen LogP contribution in [0, 0.1) is 15.9 Å². The number of carbonyl (C=O) groups is 1. The molecule has 2 N–H and O–H groups in total. The Morgan fingerprint density at radius 2 is 1.70 bits per heavy atom. The SMILES string of the molecule is COc1cccc(Oc2ccc(-c3nn(C4CCC(OC(=O)c5ccc([N+](=O)[O-])cc5)CC4)c4ncnc(N)c34)cc2)c1F. The van der Waals surface area contributed by atoms with E-state index in [0.717, 1.165) is 5.56 Å². The Balaban J connectivity index is 1.18. The molecule has 0 aliphatic heterocycles. The van der Waals surface area contributed by atoms with Crippen LogP contribution in [-0.2, 0) is 4.74 Å². The molecule has 0 bridgehead atoms. The molecule has 224 valence electrons. The van der Waals surface area contributed by atoms with E-state index >= 15 is 0 Å². The molecule has 1 aliphatic rings. The molecule has 6 rings (SSSR count). The number of nitro groups is 1. The summed E-state index contributed by atoms with van der Waals surface area (Å²) >= 11 is 0. The lowest BCUT2D eigenvalue weighted by Gasteiger charge is -2.28. The molecular formula is C31H27FN6O6. The van der Waals surface area contributed by atoms with E-state index in [1.54, 1.807) is 30.3 Å². The number of aromatic nitrogens is 4. The lowest BCUT2D eigenvalue weighted by atomic mass is 9.93. The number of rotatable bonds is 8. The first kappa shape index (κ1) is 28.5. The zero-order valence-electron chi connectivity index (χ0n) is 23.6. The fraction of sp³-hybridized carbons (Fsp3) is 0.226. The highest BCUT2D eigenvalue weighted by atomic mass is 19.1. The summed E-state index contributed by atoms with van der Waals surface area (Å²) in [6.07, 6.45) is 3.67. The Hall–Kier alpha value is -5.59. The molecule has 2 aromatic heterocycles. The number of anilines is 1. The Labute approximate surface area is 250 Å². The summed E-state index contributed by atoms with van der Waals surface area (Å²) in [5.74, 6) is -0.264. The number of nitrogen functional groups attached to an aromatic ring is 1. The largest absolute Gasteiger partial charge is 0.494 e. The van der Waals surface area contributed by atoms with Gasteiger partial charge in [-0.2, -0.15) is 9.49 Å². The zero-order chi connectivity index (χ0) is 30.8. The number of nitrogens with two attached hydrogens (primary N) is 1. The predicted octanol–water partition coefficient (Wildman–Crippen LogP) is 6.26. The average Bonchev–Trinajstić information content (AvgIpc) is 3.44. The molecule has 0 radical (unpaired) electrons. The van der Waals surface area contributed by atoms with Crippen molar-refractivity contribution in [1.82, 2.24) is 19.7 Å². The van der Waals surface area contributed by atoms with Crippen molar-refractivity contribution in [3.63, 3.8) is 0 Å². The van der Waals surface area contributed by atoms with Gasteiger partial charge in [0.1, 0.15) is 29.7 Å². The summed E-state index contributed by atoms with van der Waals surface area (Å²) in [6, 6.07) is 17.0. The second kappa shape index (κ2) is 12.0. The van der Waals surface area contributed by atoms with Crippen molar-refractivity contribution < 1.29 is 28.3 Å². The molecule has 3 aromatic carbocycles. The monoisotopic (exact) mass is 598 g/mol. The Kier molecular flexibility index (Phi) is 7.75. The zero-order valence-corrected chi connectivity index (χ0v) is 23.6. The lowest BCUT2D eigenvalue weighted by Crippen LogP contribution is -2.26. The van der Waals surface area contributed by atoms with Crippen molar-refractivity contribution in [1.29, 1.82) is 0 Å². The smallest absolute Gasteiger partial charge is 0.338 e. The molecule has 1 saturated carbocycles. The number of hydrogen-bond acceptors (Lipinski definition) is 10. The van der Waals surface area contributed by atoms with E-state index < -0.39 is 16.7 Å². The number of nitro benzene ring substituents is 1. The number of hydrogen-bond donors (Lipinski definition) is 1. The normalized spacial score (nSPS) is 16.4. The molecule has 0 atom stereocenters. The highest BCUT2D eigenvalue weighted by molar-refractivity contribution is 5.98. The van der Waals surface area contributed by atoms with Crippen LogP contribution in [0.4, 0.5) is 15.9 Å². The van der Waals surface area contributed by atoms with Gasteiger partial charge in [0.25, 0.3) is 5.69 Å². The maximum Gasteiger partial charge on any atom is 0.338 e. The van der Waals surface area contributed by atoms with Crippen LogP contribution in [0.25, 0.3) is 22.3 Å². The fourth-order valence-electron chi connectivity index (χ4n) is 5.33. The van der Waals surface area contributed by atoms with Gasteiger partial charge in [-0.25, -0.2) is 19.4 Å². The van der Waals surface area contributed by atoms with Crippen LogP contribution in [0.15, 0.2) is 73.1 Å². The van der Waals surface area contributed by atoms with E-state index in [1.807, 2.05) is 4.68 Å². The topological polar surface area (TPSA) is 158 Å². The van der Waals surface area contributed by atoms with Gasteiger partial charge in [0.15, 0.2) is 17.1 Å². The Morgan fingerprint density at radius 1 is 1.00 bits per heavy atom. The third-order valence-corrected chi connectivity index (χ3v) is 7.60. The summed E-state index contributed by atoms with van der Waals surface area (Å²) < 4.78 is 32.9. The van der Waals surface area contributed by atoms with Gasteiger partial charge in [-0.15, -0.1) is 0 Å². The fourth-order valence-corrected chi connectivity index (χ4v) is 5.33. The number of halogens is 1. The highest BCUT2D eigenvalue weighted by Crippen LogP contribution is 2.38. The first-order valence-electron chi connectivity index (χ1n) is 13.9. The van der Waals surface area contributed by atoms with Gasteiger partial charge in [-0.05, 0) is 74.2 Å². The quantitative estimate of drug-likeness (QED) is 0.123. The number of benzene rings is 3. The van der Waals surface area contributed by atoms with Gasteiger partial charge < -0.3 is 19.9 Å². The molecule has 13 heteroatoms. The second-order valence-corrected chi connectivity index (χ2v) is 10.3. The summed E-state index contributed by atoms with van der Waals surface area (Å²) in [5.41, 5.74) is 8.41. The number of ether oxygens (including phenoxy) is 3. The molecule has 44 heavy (non-hydrogen) atoms. The van der Waals surface area contributed by atoms with E-state index in [2.05, 4.69) is 9.97 Å². The number of carbonyl (C=O) groups excluding carboxylic acids is 1. The van der Waals surface area contributed by atoms with Gasteiger partial charge in [0.2, 0.25) is 5.82 Å². The van der Waals surface area contributed by atoms with Crippen LogP contribution >= 0.6 is 0 Å². The minimum absolute atomic E-state index is 0.0199. The number of non-ortho nitro benzene ring substituents is 1. The summed E-state index contributed by atoms with van der Waals surface area (Å²) in [7, 11) is 1.39. The van der Waals surface area contributed by atoms with E-state index in [-0.39, 0.29) is 34.9 Å². The van der Waals surface area contributed by atoms with Gasteiger partial charge in [-0.3, -0.25) is 10.1 Å². The third-order valence-electron chi connectivity index (χ3n) is 7.60. The first-order chi connectivity index (χ1) is 21.3. The predicted molar refractivity (Wildman–Crippen MR) is 158 cm³/mol. The minimum atomic E-state index is -0.593. The van der Waals surface area contributed by atoms with Crippen LogP contribution in [-0.4, -0.2) is 43.9 Å². The van der Waals surface area contributed by atoms with E-state index in [4.69, 9.17) is 25.0 Å². The van der Waals surface area contributed by atoms with Crippen molar-refractivity contribution in [2.45, 2.75) is 37.8 Å². The van der Waals surface area contributed by atoms with E-state index in [9.17, 15) is 19.3 Å². The Bertz CT molecular complexity index is 1840. The number of esters is 1. The van der Waals surface area contributed by atoms with Gasteiger partial charge >= 0.3 is 5.97 Å². The first-order valence-corrected chi connectivity index (χ1v) is 13.9. The maximum atomic E-state index is 14.6. The molecule has 0 amide bonds. The molecule has 0 unspecified atom stereocenters. The maximum absolute atomic E-state index is 14.6. The summed E-state index contributed by atoms with van der Waals surface area (Å²) in [6.45, 7) is 0. The molecule has 0 saturated heterocycles. The third kappa shape index (κ3) is 5.59. The van der Waals surface area contributed by atoms with Crippen molar-refractivity contribution in [3.8, 4) is 28.5 Å². The van der Waals surface area contributed by atoms with Crippen LogP contribution < -0.4 is 15.2 Å².